The van der Waals surface area contributed by atoms with Crippen molar-refractivity contribution in [3.05, 3.63) is 64.4 Å². The topological polar surface area (TPSA) is 92.7 Å². The summed E-state index contributed by atoms with van der Waals surface area (Å²) in [7, 11) is -2.30. The predicted molar refractivity (Wildman–Crippen MR) is 106 cm³/mol. The smallest absolute Gasteiger partial charge is 0.225 e. The van der Waals surface area contributed by atoms with Crippen molar-refractivity contribution < 1.29 is 23.1 Å². The van der Waals surface area contributed by atoms with Gasteiger partial charge < -0.3 is 15.2 Å². The lowest BCUT2D eigenvalue weighted by atomic mass is 9.90. The van der Waals surface area contributed by atoms with E-state index in [1.165, 1.54) is 30.6 Å². The zero-order valence-electron chi connectivity index (χ0n) is 14.9. The van der Waals surface area contributed by atoms with Crippen molar-refractivity contribution in [1.82, 2.24) is 0 Å². The molecule has 2 heterocycles. The monoisotopic (exact) mass is 415 g/mol. The van der Waals surface area contributed by atoms with Crippen molar-refractivity contribution in [2.75, 3.05) is 12.4 Å². The average Bonchev–Trinajstić information content (AvgIpc) is 3.12. The van der Waals surface area contributed by atoms with Gasteiger partial charge in [0.2, 0.25) is 15.7 Å². The molecule has 3 aromatic rings. The number of benzene rings is 2. The molecule has 0 saturated carbocycles. The summed E-state index contributed by atoms with van der Waals surface area (Å²) < 4.78 is 31.2. The minimum absolute atomic E-state index is 0.0266. The van der Waals surface area contributed by atoms with Gasteiger partial charge >= 0.3 is 0 Å². The minimum atomic E-state index is -3.76. The molecule has 0 saturated heterocycles. The van der Waals surface area contributed by atoms with Gasteiger partial charge in [-0.1, -0.05) is 24.3 Å². The normalized spacial score (nSPS) is 16.3. The van der Waals surface area contributed by atoms with E-state index >= 15 is 0 Å². The van der Waals surface area contributed by atoms with E-state index in [-0.39, 0.29) is 33.8 Å². The highest BCUT2D eigenvalue weighted by Crippen LogP contribution is 2.46. The molecule has 1 amide bonds. The van der Waals surface area contributed by atoms with Crippen molar-refractivity contribution >= 4 is 32.8 Å². The summed E-state index contributed by atoms with van der Waals surface area (Å²) in [5.41, 5.74) is 1.05. The molecule has 6 nitrogen and oxygen atoms in total. The molecule has 1 aliphatic rings. The largest absolute Gasteiger partial charge is 0.504 e. The van der Waals surface area contributed by atoms with Gasteiger partial charge in [-0.15, -0.1) is 11.3 Å². The van der Waals surface area contributed by atoms with Crippen LogP contribution in [0.15, 0.2) is 63.7 Å². The zero-order valence-corrected chi connectivity index (χ0v) is 16.5. The third kappa shape index (κ3) is 3.04. The number of carbonyl (C=O) groups is 1. The Kier molecular flexibility index (Phi) is 4.60. The number of thiophene rings is 1. The van der Waals surface area contributed by atoms with E-state index < -0.39 is 9.84 Å². The summed E-state index contributed by atoms with van der Waals surface area (Å²) in [5.74, 6) is -0.301. The molecule has 0 spiro atoms. The summed E-state index contributed by atoms with van der Waals surface area (Å²) in [6, 6.07) is 13.1. The van der Waals surface area contributed by atoms with Crippen molar-refractivity contribution in [2.45, 2.75) is 22.1 Å². The Balaban J connectivity index is 1.82. The number of nitrogens with one attached hydrogen (secondary N) is 1. The van der Waals surface area contributed by atoms with Gasteiger partial charge in [0, 0.05) is 22.6 Å². The van der Waals surface area contributed by atoms with Crippen molar-refractivity contribution in [3.8, 4) is 11.5 Å². The Morgan fingerprint density at radius 2 is 1.93 bits per heavy atom. The van der Waals surface area contributed by atoms with Crippen LogP contribution in [-0.2, 0) is 14.6 Å². The second kappa shape index (κ2) is 6.96. The van der Waals surface area contributed by atoms with Crippen LogP contribution < -0.4 is 10.1 Å². The van der Waals surface area contributed by atoms with Crippen LogP contribution >= 0.6 is 11.3 Å². The number of fused-ring (bicyclic) bond motifs is 1. The summed E-state index contributed by atoms with van der Waals surface area (Å²) >= 11 is 1.29. The number of sulfone groups is 1. The molecule has 2 aromatic carbocycles. The number of amides is 1. The Labute approximate surface area is 166 Å². The molecule has 0 bridgehead atoms. The highest BCUT2D eigenvalue weighted by molar-refractivity contribution is 7.91. The Morgan fingerprint density at radius 1 is 1.18 bits per heavy atom. The quantitative estimate of drug-likeness (QED) is 0.677. The minimum Gasteiger partial charge on any atom is -0.504 e. The van der Waals surface area contributed by atoms with E-state index in [0.29, 0.717) is 11.4 Å². The van der Waals surface area contributed by atoms with E-state index in [0.717, 1.165) is 10.4 Å². The number of phenolic OH excluding ortho intramolecular Hbond substituents is 1. The number of aromatic hydroxyl groups is 1. The first-order valence-corrected chi connectivity index (χ1v) is 10.9. The first kappa shape index (κ1) is 18.5. The highest BCUT2D eigenvalue weighted by Gasteiger charge is 2.34. The third-order valence-corrected chi connectivity index (χ3v) is 7.74. The number of methoxy groups -OCH3 is 1. The Morgan fingerprint density at radius 3 is 2.61 bits per heavy atom. The molecular formula is C20H17NO5S2. The lowest BCUT2D eigenvalue weighted by Gasteiger charge is -2.24. The third-order valence-electron chi connectivity index (χ3n) is 4.70. The van der Waals surface area contributed by atoms with Gasteiger partial charge in [-0.3, -0.25) is 4.79 Å². The van der Waals surface area contributed by atoms with Crippen molar-refractivity contribution in [1.29, 1.82) is 0 Å². The summed E-state index contributed by atoms with van der Waals surface area (Å²) in [6.45, 7) is 0. The number of carbonyl (C=O) groups excluding carboxylic acids is 1. The molecule has 1 atom stereocenters. The molecule has 8 heteroatoms. The second-order valence-corrected chi connectivity index (χ2v) is 9.22. The molecule has 28 heavy (non-hydrogen) atoms. The molecule has 0 radical (unpaired) electrons. The number of rotatable bonds is 4. The van der Waals surface area contributed by atoms with Crippen molar-refractivity contribution in [3.63, 3.8) is 0 Å². The summed E-state index contributed by atoms with van der Waals surface area (Å²) in [5, 5.41) is 14.4. The van der Waals surface area contributed by atoms with Gasteiger partial charge in [-0.25, -0.2) is 8.42 Å². The Hall–Kier alpha value is -2.84. The van der Waals surface area contributed by atoms with Gasteiger partial charge in [0.05, 0.1) is 17.7 Å². The predicted octanol–water partition coefficient (Wildman–Crippen LogP) is 3.77. The van der Waals surface area contributed by atoms with Gasteiger partial charge in [0.15, 0.2) is 11.5 Å². The number of hydrogen-bond acceptors (Lipinski definition) is 6. The van der Waals surface area contributed by atoms with Crippen LogP contribution in [0.3, 0.4) is 0 Å². The Bertz CT molecular complexity index is 1150. The maximum absolute atomic E-state index is 13.1. The maximum Gasteiger partial charge on any atom is 0.225 e. The molecule has 0 unspecified atom stereocenters. The average molecular weight is 415 g/mol. The van der Waals surface area contributed by atoms with E-state index in [4.69, 9.17) is 4.74 Å². The number of anilines is 1. The van der Waals surface area contributed by atoms with E-state index in [2.05, 4.69) is 5.32 Å². The molecule has 1 aliphatic heterocycles. The lowest BCUT2D eigenvalue weighted by Crippen LogP contribution is -2.23. The fourth-order valence-electron chi connectivity index (χ4n) is 3.32. The van der Waals surface area contributed by atoms with E-state index in [9.17, 15) is 18.3 Å². The molecule has 1 aromatic heterocycles. The molecular weight excluding hydrogens is 398 g/mol. The first-order chi connectivity index (χ1) is 13.4. The standard InChI is InChI=1S/C20H17NO5S2/c1-26-16-8-7-12(9-15(16)22)14-10-18(23)21-19-17(11-27-20(14)19)28(24,25)13-5-3-2-4-6-13/h2-9,11,14,22H,10H2,1H3,(H,21,23)/t14-/m0/s1. The van der Waals surface area contributed by atoms with E-state index in [1.54, 1.807) is 41.8 Å². The van der Waals surface area contributed by atoms with Crippen LogP contribution in [0.5, 0.6) is 11.5 Å². The van der Waals surface area contributed by atoms with Crippen LogP contribution in [0.4, 0.5) is 5.69 Å². The SMILES string of the molecule is COc1ccc([C@@H]2CC(=O)Nc3c(S(=O)(=O)c4ccccc4)csc32)cc1O. The fraction of sp³-hybridized carbons (Fsp3) is 0.150. The summed E-state index contributed by atoms with van der Waals surface area (Å²) in [4.78, 5) is 13.4. The lowest BCUT2D eigenvalue weighted by molar-refractivity contribution is -0.116. The maximum atomic E-state index is 13.1. The van der Waals surface area contributed by atoms with Gasteiger partial charge in [-0.05, 0) is 29.8 Å². The van der Waals surface area contributed by atoms with Gasteiger partial charge in [-0.2, -0.15) is 0 Å². The number of ether oxygens (including phenoxy) is 1. The van der Waals surface area contributed by atoms with Crippen LogP contribution in [0.25, 0.3) is 0 Å². The zero-order chi connectivity index (χ0) is 19.9. The molecule has 0 aliphatic carbocycles. The fourth-order valence-corrected chi connectivity index (χ4v) is 6.25. The molecule has 2 N–H and O–H groups in total. The molecule has 144 valence electrons. The van der Waals surface area contributed by atoms with Gasteiger partial charge in [0.1, 0.15) is 4.90 Å². The second-order valence-electron chi connectivity index (χ2n) is 6.39. The number of hydrogen-bond donors (Lipinski definition) is 2. The number of phenols is 1. The van der Waals surface area contributed by atoms with Crippen LogP contribution in [0.1, 0.15) is 22.8 Å². The highest BCUT2D eigenvalue weighted by atomic mass is 32.2. The molecule has 4 rings (SSSR count). The van der Waals surface area contributed by atoms with Crippen LogP contribution in [-0.4, -0.2) is 26.5 Å². The van der Waals surface area contributed by atoms with Gasteiger partial charge in [0.25, 0.3) is 0 Å². The van der Waals surface area contributed by atoms with Crippen molar-refractivity contribution in [2.24, 2.45) is 0 Å². The van der Waals surface area contributed by atoms with Crippen LogP contribution in [0.2, 0.25) is 0 Å². The summed E-state index contributed by atoms with van der Waals surface area (Å²) in [6.07, 6.45) is 0.171. The first-order valence-electron chi connectivity index (χ1n) is 8.50. The van der Waals surface area contributed by atoms with E-state index in [1.807, 2.05) is 0 Å². The molecule has 0 fully saturated rings. The van der Waals surface area contributed by atoms with Crippen LogP contribution in [0, 0.1) is 0 Å².